The van der Waals surface area contributed by atoms with Gasteiger partial charge in [0.25, 0.3) is 0 Å². The van der Waals surface area contributed by atoms with Gasteiger partial charge in [-0.05, 0) is 86.0 Å². The maximum Gasteiger partial charge on any atom is 0.230 e. The molecule has 3 N–H and O–H groups in total. The summed E-state index contributed by atoms with van der Waals surface area (Å²) in [5, 5.41) is 3.20. The van der Waals surface area contributed by atoms with Gasteiger partial charge in [-0.15, -0.1) is 0 Å². The molecule has 0 aromatic heterocycles. The standard InChI is InChI=1S/C26H30N2O2/c1-17-2-6-21(7-3-17)25-12-19-10-20(13-25)15-26(14-19,16-25)24(30)28-22-8-4-18(5-9-22)11-23(27)29/h2-9,19-20H,10-16H2,1H3,(H2,27,29)(H,28,30). The number of carbonyl (C=O) groups is 2. The fourth-order valence-corrected chi connectivity index (χ4v) is 6.94. The SMILES string of the molecule is Cc1ccc(C23CC4CC(CC(C(=O)Nc5ccc(CC(N)=O)cc5)(C4)C2)C3)cc1. The maximum absolute atomic E-state index is 13.6. The summed E-state index contributed by atoms with van der Waals surface area (Å²) in [5.41, 5.74) is 9.55. The van der Waals surface area contributed by atoms with Crippen LogP contribution < -0.4 is 11.1 Å². The molecule has 4 heteroatoms. The molecule has 30 heavy (non-hydrogen) atoms. The molecule has 2 atom stereocenters. The molecular weight excluding hydrogens is 372 g/mol. The normalized spacial score (nSPS) is 31.5. The van der Waals surface area contributed by atoms with Crippen LogP contribution in [0, 0.1) is 24.2 Å². The number of nitrogens with one attached hydrogen (secondary N) is 1. The van der Waals surface area contributed by atoms with Crippen molar-refractivity contribution in [2.24, 2.45) is 23.0 Å². The largest absolute Gasteiger partial charge is 0.369 e. The number of primary amides is 1. The fourth-order valence-electron chi connectivity index (χ4n) is 6.94. The minimum atomic E-state index is -0.346. The summed E-state index contributed by atoms with van der Waals surface area (Å²) in [5.74, 6) is 1.13. The molecule has 2 unspecified atom stereocenters. The highest BCUT2D eigenvalue weighted by Gasteiger charge is 2.60. The third kappa shape index (κ3) is 3.32. The molecule has 4 bridgehead atoms. The minimum Gasteiger partial charge on any atom is -0.369 e. The summed E-state index contributed by atoms with van der Waals surface area (Å²) >= 11 is 0. The van der Waals surface area contributed by atoms with Gasteiger partial charge in [0, 0.05) is 5.69 Å². The van der Waals surface area contributed by atoms with E-state index in [9.17, 15) is 9.59 Å². The Labute approximate surface area is 178 Å². The second-order valence-electron chi connectivity index (χ2n) is 10.2. The average Bonchev–Trinajstić information content (AvgIpc) is 2.68. The summed E-state index contributed by atoms with van der Waals surface area (Å²) in [6.07, 6.45) is 6.95. The maximum atomic E-state index is 13.6. The summed E-state index contributed by atoms with van der Waals surface area (Å²) in [6.45, 7) is 2.13. The number of rotatable bonds is 5. The van der Waals surface area contributed by atoms with E-state index < -0.39 is 0 Å². The first-order chi connectivity index (χ1) is 14.4. The predicted molar refractivity (Wildman–Crippen MR) is 118 cm³/mol. The van der Waals surface area contributed by atoms with Gasteiger partial charge in [0.05, 0.1) is 11.8 Å². The van der Waals surface area contributed by atoms with Crippen molar-refractivity contribution in [3.05, 3.63) is 65.2 Å². The van der Waals surface area contributed by atoms with Gasteiger partial charge >= 0.3 is 0 Å². The molecule has 2 amide bonds. The lowest BCUT2D eigenvalue weighted by molar-refractivity contribution is -0.143. The van der Waals surface area contributed by atoms with Crippen molar-refractivity contribution in [2.75, 3.05) is 5.32 Å². The van der Waals surface area contributed by atoms with Gasteiger partial charge in [0.2, 0.25) is 11.8 Å². The predicted octanol–water partition coefficient (Wildman–Crippen LogP) is 4.50. The quantitative estimate of drug-likeness (QED) is 0.773. The summed E-state index contributed by atoms with van der Waals surface area (Å²) in [7, 11) is 0. The van der Waals surface area contributed by atoms with Gasteiger partial charge < -0.3 is 11.1 Å². The van der Waals surface area contributed by atoms with Crippen molar-refractivity contribution in [1.29, 1.82) is 0 Å². The van der Waals surface area contributed by atoms with Crippen LogP contribution in [0.2, 0.25) is 0 Å². The Morgan fingerprint density at radius 1 is 0.967 bits per heavy atom. The van der Waals surface area contributed by atoms with Crippen molar-refractivity contribution in [3.8, 4) is 0 Å². The zero-order chi connectivity index (χ0) is 20.9. The molecule has 4 aliphatic carbocycles. The van der Waals surface area contributed by atoms with E-state index in [1.807, 2.05) is 24.3 Å². The molecule has 0 saturated heterocycles. The van der Waals surface area contributed by atoms with E-state index in [1.165, 1.54) is 30.4 Å². The number of hydrogen-bond acceptors (Lipinski definition) is 2. The van der Waals surface area contributed by atoms with E-state index >= 15 is 0 Å². The van der Waals surface area contributed by atoms with Crippen molar-refractivity contribution in [2.45, 2.75) is 57.3 Å². The lowest BCUT2D eigenvalue weighted by Crippen LogP contribution is -2.57. The Morgan fingerprint density at radius 3 is 2.20 bits per heavy atom. The number of nitrogens with two attached hydrogens (primary N) is 1. The van der Waals surface area contributed by atoms with Crippen LogP contribution >= 0.6 is 0 Å². The first-order valence-electron chi connectivity index (χ1n) is 11.1. The van der Waals surface area contributed by atoms with Crippen LogP contribution in [0.4, 0.5) is 5.69 Å². The molecule has 0 heterocycles. The Hall–Kier alpha value is -2.62. The Balaban J connectivity index is 1.39. The van der Waals surface area contributed by atoms with Gasteiger partial charge in [0.1, 0.15) is 0 Å². The molecule has 6 rings (SSSR count). The topological polar surface area (TPSA) is 72.2 Å². The molecule has 2 aromatic carbocycles. The van der Waals surface area contributed by atoms with E-state index in [4.69, 9.17) is 5.73 Å². The number of amides is 2. The molecule has 4 saturated carbocycles. The molecule has 156 valence electrons. The Kier molecular flexibility index (Phi) is 4.49. The van der Waals surface area contributed by atoms with Crippen molar-refractivity contribution in [1.82, 2.24) is 0 Å². The third-order valence-corrected chi connectivity index (χ3v) is 7.80. The minimum absolute atomic E-state index is 0.153. The monoisotopic (exact) mass is 402 g/mol. The number of anilines is 1. The number of carbonyl (C=O) groups excluding carboxylic acids is 2. The van der Waals surface area contributed by atoms with Gasteiger partial charge in [-0.3, -0.25) is 9.59 Å². The Morgan fingerprint density at radius 2 is 1.60 bits per heavy atom. The van der Waals surface area contributed by atoms with Crippen molar-refractivity contribution >= 4 is 17.5 Å². The lowest BCUT2D eigenvalue weighted by atomic mass is 9.42. The van der Waals surface area contributed by atoms with Crippen molar-refractivity contribution < 1.29 is 9.59 Å². The van der Waals surface area contributed by atoms with E-state index in [-0.39, 0.29) is 29.1 Å². The molecular formula is C26H30N2O2. The number of aryl methyl sites for hydroxylation is 1. The first-order valence-corrected chi connectivity index (χ1v) is 11.1. The smallest absolute Gasteiger partial charge is 0.230 e. The second-order valence-corrected chi connectivity index (χ2v) is 10.2. The molecule has 0 spiro atoms. The molecule has 4 nitrogen and oxygen atoms in total. The number of benzene rings is 2. The van der Waals surface area contributed by atoms with Gasteiger partial charge in [-0.25, -0.2) is 0 Å². The van der Waals surface area contributed by atoms with E-state index in [2.05, 4.69) is 36.5 Å². The molecule has 4 fully saturated rings. The fraction of sp³-hybridized carbons (Fsp3) is 0.462. The van der Waals surface area contributed by atoms with Gasteiger partial charge in [0.15, 0.2) is 0 Å². The Bertz CT molecular complexity index is 963. The van der Waals surface area contributed by atoms with Crippen LogP contribution in [0.1, 0.15) is 55.2 Å². The molecule has 0 radical (unpaired) electrons. The van der Waals surface area contributed by atoms with E-state index in [0.29, 0.717) is 11.8 Å². The number of hydrogen-bond donors (Lipinski definition) is 2. The third-order valence-electron chi connectivity index (χ3n) is 7.80. The highest BCUT2D eigenvalue weighted by molar-refractivity contribution is 5.96. The van der Waals surface area contributed by atoms with Crippen LogP contribution in [0.15, 0.2) is 48.5 Å². The highest BCUT2D eigenvalue weighted by atomic mass is 16.2. The van der Waals surface area contributed by atoms with Crippen LogP contribution in [-0.2, 0) is 21.4 Å². The average molecular weight is 403 g/mol. The van der Waals surface area contributed by atoms with Crippen molar-refractivity contribution in [3.63, 3.8) is 0 Å². The van der Waals surface area contributed by atoms with Gasteiger partial charge in [-0.1, -0.05) is 42.0 Å². The summed E-state index contributed by atoms with van der Waals surface area (Å²) in [6, 6.07) is 16.5. The van der Waals surface area contributed by atoms with Crippen LogP contribution in [0.3, 0.4) is 0 Å². The first kappa shape index (κ1) is 19.3. The van der Waals surface area contributed by atoms with E-state index in [0.717, 1.165) is 30.5 Å². The molecule has 0 aliphatic heterocycles. The second kappa shape index (κ2) is 6.97. The zero-order valence-corrected chi connectivity index (χ0v) is 17.6. The molecule has 2 aromatic rings. The lowest BCUT2D eigenvalue weighted by Gasteiger charge is -2.61. The summed E-state index contributed by atoms with van der Waals surface area (Å²) in [4.78, 5) is 24.7. The van der Waals surface area contributed by atoms with E-state index in [1.54, 1.807) is 0 Å². The van der Waals surface area contributed by atoms with Crippen LogP contribution in [0.25, 0.3) is 0 Å². The van der Waals surface area contributed by atoms with Gasteiger partial charge in [-0.2, -0.15) is 0 Å². The summed E-state index contributed by atoms with van der Waals surface area (Å²) < 4.78 is 0. The molecule has 4 aliphatic rings. The highest BCUT2D eigenvalue weighted by Crippen LogP contribution is 2.66. The van der Waals surface area contributed by atoms with Crippen LogP contribution in [-0.4, -0.2) is 11.8 Å². The van der Waals surface area contributed by atoms with Crippen LogP contribution in [0.5, 0.6) is 0 Å². The zero-order valence-electron chi connectivity index (χ0n) is 17.6.